The fraction of sp³-hybridized carbons (Fsp3) is 0. The molecule has 6 aromatic carbocycles. The Kier molecular flexibility index (Phi) is 3.82. The highest BCUT2D eigenvalue weighted by Gasteiger charge is 2.24. The van der Waals surface area contributed by atoms with Crippen molar-refractivity contribution < 1.29 is 0 Å². The molecular weight excluding hydrogens is 460 g/mol. The van der Waals surface area contributed by atoms with E-state index in [-0.39, 0.29) is 0 Å². The third kappa shape index (κ3) is 2.51. The Balaban J connectivity index is 1.40. The van der Waals surface area contributed by atoms with Crippen molar-refractivity contribution in [2.45, 2.75) is 0 Å². The van der Waals surface area contributed by atoms with Crippen LogP contribution in [0.5, 0.6) is 0 Å². The monoisotopic (exact) mass is 480 g/mol. The van der Waals surface area contributed by atoms with Gasteiger partial charge in [0.25, 0.3) is 0 Å². The summed E-state index contributed by atoms with van der Waals surface area (Å²) in [5.74, 6) is 0. The maximum atomic E-state index is 4.61. The molecule has 0 bridgehead atoms. The SMILES string of the molecule is c1cc(-c2ccc3c4c2ccc2ccc5c(-c6ccnc7ccccc67)ccc-3c5c24)c2cccnc2c1. The van der Waals surface area contributed by atoms with Gasteiger partial charge in [-0.05, 0) is 90.0 Å². The largest absolute Gasteiger partial charge is 0.256 e. The standard InChI is InChI=1S/C36H20N2/c1-2-8-32-26(5-1)25(18-20-38-32)24-15-17-31-30-16-14-23(22-6-3-9-33-27(22)7-4-19-37-33)28-12-10-21-11-13-29(24)36(31)34(21)35(28)30/h1-20H. The smallest absolute Gasteiger partial charge is 0.0708 e. The molecule has 0 unspecified atom stereocenters. The van der Waals surface area contributed by atoms with E-state index in [4.69, 9.17) is 0 Å². The van der Waals surface area contributed by atoms with Crippen molar-refractivity contribution in [1.29, 1.82) is 0 Å². The molecule has 0 N–H and O–H groups in total. The van der Waals surface area contributed by atoms with Crippen LogP contribution >= 0.6 is 0 Å². The van der Waals surface area contributed by atoms with Crippen molar-refractivity contribution in [2.75, 3.05) is 0 Å². The van der Waals surface area contributed by atoms with E-state index in [1.165, 1.54) is 76.5 Å². The molecule has 38 heavy (non-hydrogen) atoms. The molecule has 174 valence electrons. The van der Waals surface area contributed by atoms with Crippen LogP contribution in [0.15, 0.2) is 122 Å². The highest BCUT2D eigenvalue weighted by molar-refractivity contribution is 6.35. The minimum atomic E-state index is 1.03. The number of para-hydroxylation sites is 1. The summed E-state index contributed by atoms with van der Waals surface area (Å²) in [6.07, 6.45) is 3.79. The van der Waals surface area contributed by atoms with Crippen LogP contribution in [-0.2, 0) is 0 Å². The molecule has 0 saturated carbocycles. The molecular formula is C36H20N2. The zero-order valence-electron chi connectivity index (χ0n) is 20.4. The Morgan fingerprint density at radius 1 is 0.316 bits per heavy atom. The lowest BCUT2D eigenvalue weighted by molar-refractivity contribution is 1.41. The van der Waals surface area contributed by atoms with Crippen molar-refractivity contribution in [3.63, 3.8) is 0 Å². The summed E-state index contributed by atoms with van der Waals surface area (Å²) < 4.78 is 0. The number of hydrogen-bond acceptors (Lipinski definition) is 2. The molecule has 2 heteroatoms. The lowest BCUT2D eigenvalue weighted by Crippen LogP contribution is -1.87. The summed E-state index contributed by atoms with van der Waals surface area (Å²) in [6.45, 7) is 0. The Hall–Kier alpha value is -5.08. The Morgan fingerprint density at radius 2 is 0.868 bits per heavy atom. The fourth-order valence-corrected chi connectivity index (χ4v) is 6.69. The van der Waals surface area contributed by atoms with Gasteiger partial charge in [-0.25, -0.2) is 0 Å². The van der Waals surface area contributed by atoms with Crippen molar-refractivity contribution >= 4 is 54.1 Å². The normalized spacial score (nSPS) is 12.2. The van der Waals surface area contributed by atoms with Crippen molar-refractivity contribution in [2.24, 2.45) is 0 Å². The van der Waals surface area contributed by atoms with Gasteiger partial charge in [-0.2, -0.15) is 0 Å². The third-order valence-electron chi connectivity index (χ3n) is 8.30. The fourth-order valence-electron chi connectivity index (χ4n) is 6.69. The van der Waals surface area contributed by atoms with Gasteiger partial charge >= 0.3 is 0 Å². The zero-order valence-corrected chi connectivity index (χ0v) is 20.4. The van der Waals surface area contributed by atoms with Crippen LogP contribution in [0.25, 0.3) is 87.5 Å². The van der Waals surface area contributed by atoms with Gasteiger partial charge in [-0.15, -0.1) is 0 Å². The van der Waals surface area contributed by atoms with E-state index in [0.717, 1.165) is 11.0 Å². The number of rotatable bonds is 2. The molecule has 9 rings (SSSR count). The van der Waals surface area contributed by atoms with E-state index >= 15 is 0 Å². The van der Waals surface area contributed by atoms with Crippen LogP contribution in [0.2, 0.25) is 0 Å². The Morgan fingerprint density at radius 3 is 1.61 bits per heavy atom. The molecule has 0 radical (unpaired) electrons. The first-order chi connectivity index (χ1) is 18.9. The first-order valence-electron chi connectivity index (χ1n) is 13.0. The first kappa shape index (κ1) is 20.0. The third-order valence-corrected chi connectivity index (χ3v) is 8.30. The number of benzene rings is 6. The number of aromatic nitrogens is 2. The second-order valence-electron chi connectivity index (χ2n) is 10.1. The second-order valence-corrected chi connectivity index (χ2v) is 10.1. The van der Waals surface area contributed by atoms with E-state index in [9.17, 15) is 0 Å². The maximum Gasteiger partial charge on any atom is 0.0708 e. The topological polar surface area (TPSA) is 25.8 Å². The molecule has 8 aromatic rings. The predicted octanol–water partition coefficient (Wildman–Crippen LogP) is 9.56. The molecule has 0 fully saturated rings. The van der Waals surface area contributed by atoms with E-state index < -0.39 is 0 Å². The van der Waals surface area contributed by atoms with Gasteiger partial charge in [0.15, 0.2) is 0 Å². The summed E-state index contributed by atoms with van der Waals surface area (Å²) >= 11 is 0. The number of nitrogens with zero attached hydrogens (tertiary/aromatic N) is 2. The van der Waals surface area contributed by atoms with Crippen LogP contribution in [0.3, 0.4) is 0 Å². The van der Waals surface area contributed by atoms with Gasteiger partial charge in [0, 0.05) is 23.2 Å². The Labute approximate surface area is 218 Å². The summed E-state index contributed by atoms with van der Waals surface area (Å²) in [5, 5.41) is 10.3. The number of hydrogen-bond donors (Lipinski definition) is 0. The molecule has 2 aromatic heterocycles. The molecule has 1 aliphatic carbocycles. The average Bonchev–Trinajstić information content (AvgIpc) is 3.33. The summed E-state index contributed by atoms with van der Waals surface area (Å²) in [5.41, 5.74) is 9.68. The van der Waals surface area contributed by atoms with Crippen LogP contribution < -0.4 is 0 Å². The Bertz CT molecular complexity index is 2120. The number of fused-ring (bicyclic) bond motifs is 3. The van der Waals surface area contributed by atoms with E-state index in [1.54, 1.807) is 0 Å². The quantitative estimate of drug-likeness (QED) is 0.230. The first-order valence-corrected chi connectivity index (χ1v) is 13.0. The molecule has 1 aliphatic rings. The van der Waals surface area contributed by atoms with Crippen molar-refractivity contribution in [3.8, 4) is 33.4 Å². The second kappa shape index (κ2) is 7.24. The van der Waals surface area contributed by atoms with Crippen molar-refractivity contribution in [3.05, 3.63) is 122 Å². The molecule has 2 heterocycles. The van der Waals surface area contributed by atoms with Crippen LogP contribution in [0.4, 0.5) is 0 Å². The van der Waals surface area contributed by atoms with E-state index in [2.05, 4.69) is 113 Å². The molecule has 0 aliphatic heterocycles. The lowest BCUT2D eigenvalue weighted by Gasteiger charge is -2.12. The molecule has 0 saturated heterocycles. The molecule has 0 amide bonds. The van der Waals surface area contributed by atoms with Gasteiger partial charge < -0.3 is 0 Å². The van der Waals surface area contributed by atoms with Gasteiger partial charge in [0.05, 0.1) is 11.0 Å². The van der Waals surface area contributed by atoms with Crippen LogP contribution in [0, 0.1) is 0 Å². The number of pyridine rings is 2. The average molecular weight is 481 g/mol. The summed E-state index contributed by atoms with van der Waals surface area (Å²) in [6, 6.07) is 39.6. The van der Waals surface area contributed by atoms with Crippen LogP contribution in [-0.4, -0.2) is 9.97 Å². The van der Waals surface area contributed by atoms with E-state index in [1.807, 2.05) is 18.5 Å². The van der Waals surface area contributed by atoms with Crippen molar-refractivity contribution in [1.82, 2.24) is 9.97 Å². The highest BCUT2D eigenvalue weighted by atomic mass is 14.6. The minimum absolute atomic E-state index is 1.03. The minimum Gasteiger partial charge on any atom is -0.256 e. The van der Waals surface area contributed by atoms with E-state index in [0.29, 0.717) is 0 Å². The maximum absolute atomic E-state index is 4.61. The summed E-state index contributed by atoms with van der Waals surface area (Å²) in [7, 11) is 0. The lowest BCUT2D eigenvalue weighted by atomic mass is 9.91. The van der Waals surface area contributed by atoms with Crippen LogP contribution in [0.1, 0.15) is 0 Å². The van der Waals surface area contributed by atoms with Gasteiger partial charge in [0.2, 0.25) is 0 Å². The van der Waals surface area contributed by atoms with Gasteiger partial charge in [-0.3, -0.25) is 9.97 Å². The predicted molar refractivity (Wildman–Crippen MR) is 159 cm³/mol. The molecule has 2 nitrogen and oxygen atoms in total. The van der Waals surface area contributed by atoms with Gasteiger partial charge in [0.1, 0.15) is 0 Å². The molecule has 0 spiro atoms. The zero-order chi connectivity index (χ0) is 24.8. The summed E-state index contributed by atoms with van der Waals surface area (Å²) in [4.78, 5) is 9.22. The molecule has 0 atom stereocenters. The van der Waals surface area contributed by atoms with Gasteiger partial charge in [-0.1, -0.05) is 84.9 Å². The highest BCUT2D eigenvalue weighted by Crippen LogP contribution is 2.51.